The van der Waals surface area contributed by atoms with Gasteiger partial charge in [-0.3, -0.25) is 9.59 Å². The molecule has 1 aromatic carbocycles. The molecular weight excluding hydrogens is 242 g/mol. The van der Waals surface area contributed by atoms with Crippen LogP contribution in [0.15, 0.2) is 30.3 Å². The van der Waals surface area contributed by atoms with E-state index in [2.05, 4.69) is 5.32 Å². The number of Topliss-reactive ketones (excluding diaryl/α,β-unsaturated/α-hetero) is 1. The van der Waals surface area contributed by atoms with E-state index in [0.717, 1.165) is 12.0 Å². The van der Waals surface area contributed by atoms with Crippen LogP contribution in [0.5, 0.6) is 0 Å². The lowest BCUT2D eigenvalue weighted by Crippen LogP contribution is -2.37. The molecule has 0 spiro atoms. The molecule has 0 aliphatic carbocycles. The Balaban J connectivity index is 2.10. The number of ketones is 1. The van der Waals surface area contributed by atoms with Crippen molar-refractivity contribution in [1.29, 1.82) is 0 Å². The van der Waals surface area contributed by atoms with Gasteiger partial charge in [0.05, 0.1) is 12.5 Å². The van der Waals surface area contributed by atoms with E-state index >= 15 is 0 Å². The van der Waals surface area contributed by atoms with Crippen molar-refractivity contribution in [3.63, 3.8) is 0 Å². The number of nitrogens with one attached hydrogen (secondary N) is 1. The first-order valence-corrected chi connectivity index (χ1v) is 6.68. The van der Waals surface area contributed by atoms with Gasteiger partial charge in [-0.05, 0) is 12.0 Å². The van der Waals surface area contributed by atoms with Crippen molar-refractivity contribution in [2.45, 2.75) is 25.8 Å². The van der Waals surface area contributed by atoms with Gasteiger partial charge in [-0.15, -0.1) is 0 Å². The van der Waals surface area contributed by atoms with Crippen molar-refractivity contribution in [2.24, 2.45) is 5.92 Å². The predicted octanol–water partition coefficient (Wildman–Crippen LogP) is 1.86. The molecule has 102 valence electrons. The summed E-state index contributed by atoms with van der Waals surface area (Å²) in [5.74, 6) is -0.192. The molecule has 1 N–H and O–H groups in total. The summed E-state index contributed by atoms with van der Waals surface area (Å²) in [5, 5.41) is 2.86. The van der Waals surface area contributed by atoms with Gasteiger partial charge in [0.25, 0.3) is 0 Å². The summed E-state index contributed by atoms with van der Waals surface area (Å²) in [6.07, 6.45) is 1.13. The van der Waals surface area contributed by atoms with E-state index in [-0.39, 0.29) is 17.6 Å². The van der Waals surface area contributed by atoms with Crippen molar-refractivity contribution in [1.82, 2.24) is 5.32 Å². The van der Waals surface area contributed by atoms with Gasteiger partial charge in [-0.1, -0.05) is 37.3 Å². The number of amides is 1. The normalized spacial score (nSPS) is 19.9. The topological polar surface area (TPSA) is 55.4 Å². The Morgan fingerprint density at radius 2 is 2.11 bits per heavy atom. The number of benzene rings is 1. The highest BCUT2D eigenvalue weighted by Crippen LogP contribution is 2.18. The highest BCUT2D eigenvalue weighted by atomic mass is 16.5. The number of carbonyl (C=O) groups excluding carboxylic acids is 2. The molecule has 1 aliphatic rings. The van der Waals surface area contributed by atoms with Crippen LogP contribution in [-0.2, 0) is 14.3 Å². The van der Waals surface area contributed by atoms with E-state index in [1.165, 1.54) is 0 Å². The second-order valence-corrected chi connectivity index (χ2v) is 4.73. The maximum absolute atomic E-state index is 12.1. The fraction of sp³-hybridized carbons (Fsp3) is 0.467. The van der Waals surface area contributed by atoms with Gasteiger partial charge in [0.15, 0.2) is 5.78 Å². The van der Waals surface area contributed by atoms with Gasteiger partial charge in [-0.25, -0.2) is 0 Å². The molecule has 1 aromatic rings. The summed E-state index contributed by atoms with van der Waals surface area (Å²) >= 11 is 0. The van der Waals surface area contributed by atoms with E-state index < -0.39 is 6.04 Å². The standard InChI is InChI=1S/C15H19NO3/c1-2-13(17)14(11-6-4-3-5-7-11)16-15(18)12-8-9-19-10-12/h3-7,12,14H,2,8-10H2,1H3,(H,16,18)/t12?,14-/m1/s1. The first-order chi connectivity index (χ1) is 9.22. The minimum Gasteiger partial charge on any atom is -0.381 e. The van der Waals surface area contributed by atoms with Gasteiger partial charge < -0.3 is 10.1 Å². The largest absolute Gasteiger partial charge is 0.381 e. The van der Waals surface area contributed by atoms with E-state index in [0.29, 0.717) is 19.6 Å². The molecule has 0 bridgehead atoms. The lowest BCUT2D eigenvalue weighted by Gasteiger charge is -2.19. The fourth-order valence-corrected chi connectivity index (χ4v) is 2.20. The van der Waals surface area contributed by atoms with Crippen molar-refractivity contribution in [3.8, 4) is 0 Å². The Bertz CT molecular complexity index is 438. The molecule has 1 saturated heterocycles. The molecule has 1 unspecified atom stereocenters. The predicted molar refractivity (Wildman–Crippen MR) is 71.5 cm³/mol. The number of hydrogen-bond acceptors (Lipinski definition) is 3. The van der Waals surface area contributed by atoms with Gasteiger partial charge in [0.1, 0.15) is 6.04 Å². The Labute approximate surface area is 113 Å². The smallest absolute Gasteiger partial charge is 0.226 e. The average Bonchev–Trinajstić information content (AvgIpc) is 2.99. The Morgan fingerprint density at radius 1 is 1.37 bits per heavy atom. The third-order valence-corrected chi connectivity index (χ3v) is 3.39. The molecule has 0 radical (unpaired) electrons. The number of hydrogen-bond donors (Lipinski definition) is 1. The lowest BCUT2D eigenvalue weighted by molar-refractivity contribution is -0.130. The van der Waals surface area contributed by atoms with Crippen molar-refractivity contribution in [3.05, 3.63) is 35.9 Å². The lowest BCUT2D eigenvalue weighted by atomic mass is 9.99. The third kappa shape index (κ3) is 3.41. The highest BCUT2D eigenvalue weighted by molar-refractivity contribution is 5.90. The molecule has 4 heteroatoms. The number of rotatable bonds is 5. The molecule has 1 aliphatic heterocycles. The highest BCUT2D eigenvalue weighted by Gasteiger charge is 2.28. The van der Waals surface area contributed by atoms with Crippen LogP contribution in [-0.4, -0.2) is 24.9 Å². The van der Waals surface area contributed by atoms with Crippen molar-refractivity contribution in [2.75, 3.05) is 13.2 Å². The van der Waals surface area contributed by atoms with Crippen LogP contribution in [0, 0.1) is 5.92 Å². The second-order valence-electron chi connectivity index (χ2n) is 4.73. The first kappa shape index (κ1) is 13.7. The van der Waals surface area contributed by atoms with Gasteiger partial charge in [0, 0.05) is 13.0 Å². The monoisotopic (exact) mass is 261 g/mol. The Hall–Kier alpha value is -1.68. The zero-order valence-corrected chi connectivity index (χ0v) is 11.1. The van der Waals surface area contributed by atoms with Gasteiger partial charge in [-0.2, -0.15) is 0 Å². The molecule has 0 aromatic heterocycles. The summed E-state index contributed by atoms with van der Waals surface area (Å²) < 4.78 is 5.21. The van der Waals surface area contributed by atoms with Crippen LogP contribution in [0.1, 0.15) is 31.4 Å². The van der Waals surface area contributed by atoms with E-state index in [4.69, 9.17) is 4.74 Å². The fourth-order valence-electron chi connectivity index (χ4n) is 2.20. The number of carbonyl (C=O) groups is 2. The second kappa shape index (κ2) is 6.48. The quantitative estimate of drug-likeness (QED) is 0.880. The van der Waals surface area contributed by atoms with E-state index in [1.807, 2.05) is 37.3 Å². The molecule has 2 rings (SSSR count). The summed E-state index contributed by atoms with van der Waals surface area (Å²) in [7, 11) is 0. The summed E-state index contributed by atoms with van der Waals surface area (Å²) in [6, 6.07) is 8.82. The summed E-state index contributed by atoms with van der Waals surface area (Å²) in [4.78, 5) is 24.1. The van der Waals surface area contributed by atoms with Crippen LogP contribution in [0.25, 0.3) is 0 Å². The van der Waals surface area contributed by atoms with Gasteiger partial charge >= 0.3 is 0 Å². The Kier molecular flexibility index (Phi) is 4.68. The van der Waals surface area contributed by atoms with Gasteiger partial charge in [0.2, 0.25) is 5.91 Å². The molecule has 4 nitrogen and oxygen atoms in total. The minimum atomic E-state index is -0.542. The maximum atomic E-state index is 12.1. The molecule has 19 heavy (non-hydrogen) atoms. The molecule has 1 fully saturated rings. The zero-order chi connectivity index (χ0) is 13.7. The average molecular weight is 261 g/mol. The number of ether oxygens (including phenoxy) is 1. The van der Waals surface area contributed by atoms with Crippen LogP contribution < -0.4 is 5.32 Å². The molecule has 1 heterocycles. The van der Waals surface area contributed by atoms with Crippen LogP contribution in [0.4, 0.5) is 0 Å². The molecule has 0 saturated carbocycles. The van der Waals surface area contributed by atoms with E-state index in [9.17, 15) is 9.59 Å². The third-order valence-electron chi connectivity index (χ3n) is 3.39. The zero-order valence-electron chi connectivity index (χ0n) is 11.1. The maximum Gasteiger partial charge on any atom is 0.226 e. The summed E-state index contributed by atoms with van der Waals surface area (Å²) in [5.41, 5.74) is 0.835. The Morgan fingerprint density at radius 3 is 2.68 bits per heavy atom. The molecule has 2 atom stereocenters. The van der Waals surface area contributed by atoms with Crippen molar-refractivity contribution < 1.29 is 14.3 Å². The van der Waals surface area contributed by atoms with E-state index in [1.54, 1.807) is 0 Å². The molecule has 1 amide bonds. The summed E-state index contributed by atoms with van der Waals surface area (Å²) in [6.45, 7) is 2.88. The van der Waals surface area contributed by atoms with Crippen LogP contribution >= 0.6 is 0 Å². The van der Waals surface area contributed by atoms with Crippen molar-refractivity contribution >= 4 is 11.7 Å². The minimum absolute atomic E-state index is 0.0264. The van der Waals surface area contributed by atoms with Crippen LogP contribution in [0.3, 0.4) is 0 Å². The van der Waals surface area contributed by atoms with Crippen LogP contribution in [0.2, 0.25) is 0 Å². The molecular formula is C15H19NO3. The first-order valence-electron chi connectivity index (χ1n) is 6.68. The SMILES string of the molecule is CCC(=O)[C@H](NC(=O)C1CCOC1)c1ccccc1.